The van der Waals surface area contributed by atoms with E-state index in [2.05, 4.69) is 45.5 Å². The average Bonchev–Trinajstić information content (AvgIpc) is 2.46. The highest BCUT2D eigenvalue weighted by Gasteiger charge is 2.36. The highest BCUT2D eigenvalue weighted by atomic mass is 32.2. The first-order chi connectivity index (χ1) is 11.2. The molecule has 25 heavy (non-hydrogen) atoms. The number of halogens is 3. The lowest BCUT2D eigenvalue weighted by Gasteiger charge is -2.18. The molecule has 0 amide bonds. The van der Waals surface area contributed by atoms with Gasteiger partial charge < -0.3 is 0 Å². The lowest BCUT2D eigenvalue weighted by atomic mass is 9.87. The van der Waals surface area contributed by atoms with Crippen LogP contribution in [0.15, 0.2) is 58.3 Å². The van der Waals surface area contributed by atoms with Crippen LogP contribution in [0.4, 0.5) is 13.2 Å². The molecule has 2 aromatic carbocycles. The van der Waals surface area contributed by atoms with Crippen molar-refractivity contribution < 1.29 is 26.1 Å². The Balaban J connectivity index is 0.000000257. The SMILES string of the molecule is CC(C)(C)c1ccc(S)cc1.O=S(=O)(O)c1ccccc1C(F)(F)F. The molecule has 2 rings (SSSR count). The topological polar surface area (TPSA) is 54.4 Å². The summed E-state index contributed by atoms with van der Waals surface area (Å²) in [6.45, 7) is 6.63. The third kappa shape index (κ3) is 6.72. The maximum Gasteiger partial charge on any atom is 0.417 e. The number of alkyl halides is 3. The van der Waals surface area contributed by atoms with E-state index in [1.165, 1.54) is 5.56 Å². The van der Waals surface area contributed by atoms with Gasteiger partial charge in [-0.1, -0.05) is 45.0 Å². The molecule has 0 saturated carbocycles. The van der Waals surface area contributed by atoms with Gasteiger partial charge in [-0.25, -0.2) is 0 Å². The first kappa shape index (κ1) is 21.5. The van der Waals surface area contributed by atoms with Crippen LogP contribution < -0.4 is 0 Å². The predicted molar refractivity (Wildman–Crippen MR) is 93.7 cm³/mol. The summed E-state index contributed by atoms with van der Waals surface area (Å²) in [5.41, 5.74) is 0.236. The summed E-state index contributed by atoms with van der Waals surface area (Å²) in [6.07, 6.45) is -4.80. The number of thiol groups is 1. The van der Waals surface area contributed by atoms with Gasteiger partial charge in [-0.05, 0) is 35.2 Å². The van der Waals surface area contributed by atoms with Gasteiger partial charge in [0.2, 0.25) is 0 Å². The van der Waals surface area contributed by atoms with E-state index >= 15 is 0 Å². The van der Waals surface area contributed by atoms with E-state index in [-0.39, 0.29) is 5.41 Å². The maximum absolute atomic E-state index is 12.2. The summed E-state index contributed by atoms with van der Waals surface area (Å²) < 4.78 is 66.2. The van der Waals surface area contributed by atoms with Crippen LogP contribution in [0.2, 0.25) is 0 Å². The van der Waals surface area contributed by atoms with E-state index in [0.29, 0.717) is 12.1 Å². The van der Waals surface area contributed by atoms with Crippen LogP contribution in [0.3, 0.4) is 0 Å². The number of benzene rings is 2. The molecule has 3 nitrogen and oxygen atoms in total. The Labute approximate surface area is 151 Å². The fourth-order valence-corrected chi connectivity index (χ4v) is 2.75. The van der Waals surface area contributed by atoms with E-state index in [1.807, 2.05) is 12.1 Å². The van der Waals surface area contributed by atoms with Crippen LogP contribution in [-0.4, -0.2) is 13.0 Å². The molecule has 0 fully saturated rings. The second-order valence-corrected chi connectivity index (χ2v) is 8.17. The zero-order valence-electron chi connectivity index (χ0n) is 13.9. The number of hydrogen-bond acceptors (Lipinski definition) is 3. The fraction of sp³-hybridized carbons (Fsp3) is 0.294. The van der Waals surface area contributed by atoms with Crippen LogP contribution >= 0.6 is 12.6 Å². The van der Waals surface area contributed by atoms with Gasteiger partial charge >= 0.3 is 6.18 Å². The first-order valence-corrected chi connectivity index (χ1v) is 9.05. The Kier molecular flexibility index (Phi) is 6.72. The Morgan fingerprint density at radius 3 is 1.76 bits per heavy atom. The minimum absolute atomic E-state index is 0.251. The van der Waals surface area contributed by atoms with Gasteiger partial charge in [-0.3, -0.25) is 4.55 Å². The van der Waals surface area contributed by atoms with Crippen molar-refractivity contribution >= 4 is 22.7 Å². The average molecular weight is 392 g/mol. The summed E-state index contributed by atoms with van der Waals surface area (Å²) in [6, 6.07) is 11.7. The minimum atomic E-state index is -4.84. The van der Waals surface area contributed by atoms with E-state index < -0.39 is 26.8 Å². The molecule has 0 aliphatic carbocycles. The number of rotatable bonds is 1. The van der Waals surface area contributed by atoms with Gasteiger partial charge in [0.15, 0.2) is 0 Å². The molecule has 0 spiro atoms. The molecule has 0 atom stereocenters. The van der Waals surface area contributed by atoms with Gasteiger partial charge in [0.1, 0.15) is 4.90 Å². The Morgan fingerprint density at radius 2 is 1.40 bits per heavy atom. The summed E-state index contributed by atoms with van der Waals surface area (Å²) in [5, 5.41) is 0. The summed E-state index contributed by atoms with van der Waals surface area (Å²) in [4.78, 5) is -0.106. The van der Waals surface area contributed by atoms with Crippen molar-refractivity contribution in [2.45, 2.75) is 42.2 Å². The van der Waals surface area contributed by atoms with E-state index in [4.69, 9.17) is 4.55 Å². The molecule has 138 valence electrons. The van der Waals surface area contributed by atoms with E-state index in [9.17, 15) is 21.6 Å². The van der Waals surface area contributed by atoms with Gasteiger partial charge in [-0.15, -0.1) is 12.6 Å². The van der Waals surface area contributed by atoms with E-state index in [0.717, 1.165) is 17.0 Å². The molecule has 0 aromatic heterocycles. The Bertz CT molecular complexity index is 806. The summed E-state index contributed by atoms with van der Waals surface area (Å²) >= 11 is 4.23. The van der Waals surface area contributed by atoms with Crippen LogP contribution in [-0.2, 0) is 21.7 Å². The van der Waals surface area contributed by atoms with Crippen molar-refractivity contribution in [1.29, 1.82) is 0 Å². The molecular formula is C17H19F3O3S2. The van der Waals surface area contributed by atoms with Crippen LogP contribution in [0.1, 0.15) is 31.9 Å². The molecule has 2 aromatic rings. The molecule has 0 aliphatic rings. The fourth-order valence-electron chi connectivity index (χ4n) is 1.89. The van der Waals surface area contributed by atoms with Crippen molar-refractivity contribution in [2.24, 2.45) is 0 Å². The molecule has 0 saturated heterocycles. The predicted octanol–water partition coefficient (Wildman–Crippen LogP) is 5.22. The quantitative estimate of drug-likeness (QED) is 0.516. The van der Waals surface area contributed by atoms with Crippen LogP contribution in [0.25, 0.3) is 0 Å². The number of hydrogen-bond donors (Lipinski definition) is 2. The maximum atomic E-state index is 12.2. The van der Waals surface area contributed by atoms with Crippen molar-refractivity contribution in [3.05, 3.63) is 59.7 Å². The molecule has 0 unspecified atom stereocenters. The third-order valence-electron chi connectivity index (χ3n) is 3.20. The lowest BCUT2D eigenvalue weighted by Crippen LogP contribution is -2.12. The second-order valence-electron chi connectivity index (χ2n) is 6.27. The molecule has 0 bridgehead atoms. The lowest BCUT2D eigenvalue weighted by molar-refractivity contribution is -0.140. The molecule has 0 heterocycles. The highest BCUT2D eigenvalue weighted by molar-refractivity contribution is 7.85. The van der Waals surface area contributed by atoms with Gasteiger partial charge in [0.05, 0.1) is 5.56 Å². The Morgan fingerprint density at radius 1 is 0.920 bits per heavy atom. The van der Waals surface area contributed by atoms with Crippen molar-refractivity contribution in [3.63, 3.8) is 0 Å². The molecule has 1 N–H and O–H groups in total. The zero-order chi connectivity index (χ0) is 19.5. The second kappa shape index (κ2) is 7.80. The molecular weight excluding hydrogens is 373 g/mol. The smallest absolute Gasteiger partial charge is 0.282 e. The van der Waals surface area contributed by atoms with Gasteiger partial charge in [0.25, 0.3) is 10.1 Å². The van der Waals surface area contributed by atoms with Crippen LogP contribution in [0, 0.1) is 0 Å². The van der Waals surface area contributed by atoms with Crippen molar-refractivity contribution in [3.8, 4) is 0 Å². The highest BCUT2D eigenvalue weighted by Crippen LogP contribution is 2.33. The van der Waals surface area contributed by atoms with Gasteiger partial charge in [-0.2, -0.15) is 21.6 Å². The van der Waals surface area contributed by atoms with Gasteiger partial charge in [0, 0.05) is 4.90 Å². The first-order valence-electron chi connectivity index (χ1n) is 7.16. The van der Waals surface area contributed by atoms with Crippen molar-refractivity contribution in [2.75, 3.05) is 0 Å². The zero-order valence-corrected chi connectivity index (χ0v) is 15.6. The normalized spacial score (nSPS) is 12.3. The molecule has 0 aliphatic heterocycles. The third-order valence-corrected chi connectivity index (χ3v) is 4.41. The molecule has 8 heteroatoms. The summed E-state index contributed by atoms with van der Waals surface area (Å²) in [5.74, 6) is 0. The minimum Gasteiger partial charge on any atom is -0.282 e. The largest absolute Gasteiger partial charge is 0.417 e. The van der Waals surface area contributed by atoms with Crippen LogP contribution in [0.5, 0.6) is 0 Å². The monoisotopic (exact) mass is 392 g/mol. The van der Waals surface area contributed by atoms with Crippen molar-refractivity contribution in [1.82, 2.24) is 0 Å². The molecule has 0 radical (unpaired) electrons. The van der Waals surface area contributed by atoms with E-state index in [1.54, 1.807) is 0 Å². The summed E-state index contributed by atoms with van der Waals surface area (Å²) in [7, 11) is -4.84. The Hall–Kier alpha value is -1.51. The standard InChI is InChI=1S/C10H14S.C7H5F3O3S/c1-10(2,3)8-4-6-9(11)7-5-8;8-7(9,10)5-3-1-2-4-6(5)14(11,12)13/h4-7,11H,1-3H3;1-4H,(H,11,12,13).